The van der Waals surface area contributed by atoms with Crippen LogP contribution in [-0.4, -0.2) is 27.9 Å². The van der Waals surface area contributed by atoms with Crippen molar-refractivity contribution in [2.45, 2.75) is 58.0 Å². The minimum atomic E-state index is -0.414. The number of aromatic nitrogens is 2. The predicted molar refractivity (Wildman–Crippen MR) is 97.1 cm³/mol. The number of carbonyl (C=O) groups is 1. The number of hydrogen-bond donors (Lipinski definition) is 1. The van der Waals surface area contributed by atoms with Crippen LogP contribution in [0.3, 0.4) is 0 Å². The summed E-state index contributed by atoms with van der Waals surface area (Å²) in [6.07, 6.45) is 2.59. The van der Waals surface area contributed by atoms with Crippen LogP contribution in [0.5, 0.6) is 5.75 Å². The average molecular weight is 373 g/mol. The van der Waals surface area contributed by atoms with Crippen LogP contribution in [0, 0.1) is 5.82 Å². The van der Waals surface area contributed by atoms with E-state index in [1.165, 1.54) is 0 Å². The number of ether oxygens (including phenoxy) is 2. The molecular formula is C20H24FN3O3. The summed E-state index contributed by atoms with van der Waals surface area (Å²) < 4.78 is 27.7. The van der Waals surface area contributed by atoms with Crippen LogP contribution in [0.4, 0.5) is 4.39 Å². The van der Waals surface area contributed by atoms with Gasteiger partial charge < -0.3 is 14.8 Å². The zero-order chi connectivity index (χ0) is 19.1. The lowest BCUT2D eigenvalue weighted by atomic mass is 9.99. The number of amides is 1. The van der Waals surface area contributed by atoms with Crippen LogP contribution in [0.1, 0.15) is 60.1 Å². The summed E-state index contributed by atoms with van der Waals surface area (Å²) in [4.78, 5) is 12.7. The highest BCUT2D eigenvalue weighted by molar-refractivity contribution is 5.94. The summed E-state index contributed by atoms with van der Waals surface area (Å²) in [5.41, 5.74) is 2.62. The van der Waals surface area contributed by atoms with E-state index in [4.69, 9.17) is 9.47 Å². The molecule has 0 radical (unpaired) electrons. The van der Waals surface area contributed by atoms with E-state index < -0.39 is 5.82 Å². The lowest BCUT2D eigenvalue weighted by molar-refractivity contribution is -0.00903. The van der Waals surface area contributed by atoms with Crippen LogP contribution in [-0.2, 0) is 24.8 Å². The van der Waals surface area contributed by atoms with E-state index in [0.717, 1.165) is 24.1 Å². The minimum absolute atomic E-state index is 0.0250. The molecule has 2 aromatic rings. The summed E-state index contributed by atoms with van der Waals surface area (Å²) in [5, 5.41) is 7.18. The number of hydrogen-bond acceptors (Lipinski definition) is 4. The number of nitrogens with one attached hydrogen (secondary N) is 1. The molecule has 1 aromatic carbocycles. The molecule has 0 spiro atoms. The Bertz CT molecular complexity index is 876. The van der Waals surface area contributed by atoms with E-state index in [9.17, 15) is 9.18 Å². The summed E-state index contributed by atoms with van der Waals surface area (Å²) in [6, 6.07) is 5.02. The molecule has 1 saturated carbocycles. The van der Waals surface area contributed by atoms with Gasteiger partial charge >= 0.3 is 0 Å². The summed E-state index contributed by atoms with van der Waals surface area (Å²) in [7, 11) is 1.81. The summed E-state index contributed by atoms with van der Waals surface area (Å²) >= 11 is 0. The molecule has 2 atom stereocenters. The monoisotopic (exact) mass is 373 g/mol. The van der Waals surface area contributed by atoms with Crippen molar-refractivity contribution >= 4 is 5.91 Å². The highest BCUT2D eigenvalue weighted by Crippen LogP contribution is 2.32. The van der Waals surface area contributed by atoms with Gasteiger partial charge in [-0.15, -0.1) is 0 Å². The second-order valence-corrected chi connectivity index (χ2v) is 7.36. The Morgan fingerprint density at radius 2 is 2.19 bits per heavy atom. The zero-order valence-electron chi connectivity index (χ0n) is 15.8. The topological polar surface area (TPSA) is 65.4 Å². The van der Waals surface area contributed by atoms with Crippen molar-refractivity contribution in [2.24, 2.45) is 7.05 Å². The van der Waals surface area contributed by atoms with Gasteiger partial charge in [-0.25, -0.2) is 4.39 Å². The van der Waals surface area contributed by atoms with Gasteiger partial charge in [0, 0.05) is 31.1 Å². The first kappa shape index (κ1) is 18.0. The molecular weight excluding hydrogens is 349 g/mol. The Kier molecular flexibility index (Phi) is 4.63. The Balaban J connectivity index is 1.50. The van der Waals surface area contributed by atoms with Crippen molar-refractivity contribution < 1.29 is 18.7 Å². The van der Waals surface area contributed by atoms with E-state index in [1.54, 1.807) is 22.9 Å². The largest absolute Gasteiger partial charge is 0.487 e. The molecule has 2 heterocycles. The normalized spacial score (nSPS) is 21.6. The van der Waals surface area contributed by atoms with Crippen LogP contribution < -0.4 is 10.1 Å². The number of carbonyl (C=O) groups excluding carboxylic acids is 1. The van der Waals surface area contributed by atoms with Gasteiger partial charge in [0.1, 0.15) is 0 Å². The molecule has 0 unspecified atom stereocenters. The predicted octanol–water partition coefficient (Wildman–Crippen LogP) is 3.05. The van der Waals surface area contributed by atoms with Gasteiger partial charge in [-0.2, -0.15) is 5.10 Å². The van der Waals surface area contributed by atoms with Crippen molar-refractivity contribution in [3.05, 3.63) is 46.5 Å². The molecule has 1 amide bonds. The summed E-state index contributed by atoms with van der Waals surface area (Å²) in [6.45, 7) is 4.02. The molecule has 0 saturated heterocycles. The van der Waals surface area contributed by atoms with Crippen LogP contribution in [0.2, 0.25) is 0 Å². The highest BCUT2D eigenvalue weighted by Gasteiger charge is 2.31. The van der Waals surface area contributed by atoms with E-state index >= 15 is 0 Å². The number of rotatable bonds is 5. The molecule has 144 valence electrons. The van der Waals surface area contributed by atoms with Crippen LogP contribution in [0.15, 0.2) is 18.2 Å². The van der Waals surface area contributed by atoms with Crippen molar-refractivity contribution in [1.82, 2.24) is 15.1 Å². The maximum atomic E-state index is 14.6. The third-order valence-electron chi connectivity index (χ3n) is 5.02. The fraction of sp³-hybridized carbons (Fsp3) is 0.500. The summed E-state index contributed by atoms with van der Waals surface area (Å²) in [5.74, 6) is -0.469. The molecule has 4 rings (SSSR count). The van der Waals surface area contributed by atoms with E-state index in [0.29, 0.717) is 17.7 Å². The van der Waals surface area contributed by atoms with Crippen molar-refractivity contribution in [3.8, 4) is 5.75 Å². The third-order valence-corrected chi connectivity index (χ3v) is 5.02. The van der Waals surface area contributed by atoms with Gasteiger partial charge in [0.2, 0.25) is 0 Å². The fourth-order valence-corrected chi connectivity index (χ4v) is 3.63. The standard InChI is InChI=1S/C20H24FN3O3/c1-11-9-15-18(23-24(3)19(15)12(2)26-11)20(25)22-10-13-5-4-6-16(17(13)21)27-14-7-8-14/h4-6,11-12,14H,7-10H2,1-3H3,(H,22,25)/t11-,12+/m1/s1. The van der Waals surface area contributed by atoms with Gasteiger partial charge in [0.05, 0.1) is 24.0 Å². The van der Waals surface area contributed by atoms with Gasteiger partial charge in [-0.05, 0) is 32.8 Å². The average Bonchev–Trinajstić information content (AvgIpc) is 3.37. The molecule has 1 aliphatic carbocycles. The SMILES string of the molecule is C[C@@H]1Cc2c(C(=O)NCc3cccc(OC4CC4)c3F)nn(C)c2[C@H](C)O1. The Morgan fingerprint density at radius 3 is 2.93 bits per heavy atom. The first-order valence-electron chi connectivity index (χ1n) is 9.37. The molecule has 7 heteroatoms. The number of nitrogens with zero attached hydrogens (tertiary/aromatic N) is 2. The maximum Gasteiger partial charge on any atom is 0.272 e. The Labute approximate surface area is 157 Å². The quantitative estimate of drug-likeness (QED) is 0.875. The second-order valence-electron chi connectivity index (χ2n) is 7.36. The molecule has 0 bridgehead atoms. The minimum Gasteiger partial charge on any atom is -0.487 e. The first-order valence-corrected chi connectivity index (χ1v) is 9.37. The van der Waals surface area contributed by atoms with E-state index in [1.807, 2.05) is 20.9 Å². The molecule has 2 aliphatic rings. The smallest absolute Gasteiger partial charge is 0.272 e. The number of fused-ring (bicyclic) bond motifs is 1. The van der Waals surface area contributed by atoms with Gasteiger partial charge in [-0.1, -0.05) is 12.1 Å². The number of aryl methyl sites for hydroxylation is 1. The molecule has 6 nitrogen and oxygen atoms in total. The molecule has 1 aromatic heterocycles. The number of benzene rings is 1. The van der Waals surface area contributed by atoms with E-state index in [2.05, 4.69) is 10.4 Å². The molecule has 1 aliphatic heterocycles. The van der Waals surface area contributed by atoms with Gasteiger partial charge in [0.25, 0.3) is 5.91 Å². The molecule has 1 fully saturated rings. The lowest BCUT2D eigenvalue weighted by Gasteiger charge is -2.26. The van der Waals surface area contributed by atoms with Crippen LogP contribution >= 0.6 is 0 Å². The third kappa shape index (κ3) is 3.56. The molecule has 27 heavy (non-hydrogen) atoms. The van der Waals surface area contributed by atoms with E-state index in [-0.39, 0.29) is 36.5 Å². The van der Waals surface area contributed by atoms with Gasteiger partial charge in [-0.3, -0.25) is 9.48 Å². The Morgan fingerprint density at radius 1 is 1.41 bits per heavy atom. The zero-order valence-corrected chi connectivity index (χ0v) is 15.8. The van der Waals surface area contributed by atoms with Crippen molar-refractivity contribution in [2.75, 3.05) is 0 Å². The Hall–Kier alpha value is -2.41. The van der Waals surface area contributed by atoms with Gasteiger partial charge in [0.15, 0.2) is 17.3 Å². The second kappa shape index (κ2) is 6.96. The molecule has 1 N–H and O–H groups in total. The highest BCUT2D eigenvalue weighted by atomic mass is 19.1. The lowest BCUT2D eigenvalue weighted by Crippen LogP contribution is -2.27. The van der Waals surface area contributed by atoms with Crippen LogP contribution in [0.25, 0.3) is 0 Å². The maximum absolute atomic E-state index is 14.6. The first-order chi connectivity index (χ1) is 12.9. The van der Waals surface area contributed by atoms with Crippen molar-refractivity contribution in [1.29, 1.82) is 0 Å². The number of halogens is 1. The van der Waals surface area contributed by atoms with Crippen molar-refractivity contribution in [3.63, 3.8) is 0 Å². The fourth-order valence-electron chi connectivity index (χ4n) is 3.63.